The number of para-hydroxylation sites is 1. The van der Waals surface area contributed by atoms with E-state index in [1.165, 1.54) is 24.3 Å². The molecule has 2 N–H and O–H groups in total. The monoisotopic (exact) mass is 328 g/mol. The van der Waals surface area contributed by atoms with Crippen LogP contribution >= 0.6 is 0 Å². The molecule has 1 aliphatic carbocycles. The van der Waals surface area contributed by atoms with E-state index in [1.54, 1.807) is 0 Å². The molecular weight excluding hydrogens is 313 g/mol. The first-order valence-corrected chi connectivity index (χ1v) is 7.26. The predicted molar refractivity (Wildman–Crippen MR) is 74.7 cm³/mol. The highest BCUT2D eigenvalue weighted by molar-refractivity contribution is 6.01. The SMILES string of the molecule is O=C(c1ccccc1O)N1N=C2CCCC[C@H]2[C@@]1(O)C(F)(F)F. The zero-order valence-corrected chi connectivity index (χ0v) is 12.0. The molecule has 1 heterocycles. The van der Waals surface area contributed by atoms with E-state index in [0.717, 1.165) is 0 Å². The fourth-order valence-corrected chi connectivity index (χ4v) is 3.19. The van der Waals surface area contributed by atoms with Gasteiger partial charge in [0.1, 0.15) is 5.75 Å². The Morgan fingerprint density at radius 2 is 2.00 bits per heavy atom. The summed E-state index contributed by atoms with van der Waals surface area (Å²) in [5.74, 6) is -2.90. The third-order valence-corrected chi connectivity index (χ3v) is 4.36. The Hall–Kier alpha value is -2.09. The number of phenolic OH excluding ortho intramolecular Hbond substituents is 1. The number of alkyl halides is 3. The summed E-state index contributed by atoms with van der Waals surface area (Å²) in [4.78, 5) is 12.5. The maximum Gasteiger partial charge on any atom is 0.439 e. The highest BCUT2D eigenvalue weighted by Gasteiger charge is 2.68. The highest BCUT2D eigenvalue weighted by Crippen LogP contribution is 2.48. The number of phenols is 1. The molecule has 2 aliphatic rings. The van der Waals surface area contributed by atoms with E-state index in [9.17, 15) is 28.2 Å². The van der Waals surface area contributed by atoms with Crippen molar-refractivity contribution in [3.63, 3.8) is 0 Å². The molecule has 0 spiro atoms. The van der Waals surface area contributed by atoms with E-state index < -0.39 is 29.5 Å². The predicted octanol–water partition coefficient (Wildman–Crippen LogP) is 2.65. The Morgan fingerprint density at radius 3 is 2.65 bits per heavy atom. The number of hydrazone groups is 1. The molecule has 1 aromatic rings. The van der Waals surface area contributed by atoms with Crippen LogP contribution in [0.25, 0.3) is 0 Å². The lowest BCUT2D eigenvalue weighted by Gasteiger charge is -2.38. The minimum atomic E-state index is -5.06. The van der Waals surface area contributed by atoms with Gasteiger partial charge >= 0.3 is 6.18 Å². The molecule has 0 unspecified atom stereocenters. The van der Waals surface area contributed by atoms with Crippen molar-refractivity contribution in [2.75, 3.05) is 0 Å². The van der Waals surface area contributed by atoms with Crippen LogP contribution in [0.5, 0.6) is 5.75 Å². The van der Waals surface area contributed by atoms with Crippen molar-refractivity contribution in [1.29, 1.82) is 0 Å². The standard InChI is InChI=1S/C15H15F3N2O3/c16-15(17,18)14(23)10-6-2-3-7-11(10)19-20(14)13(22)9-5-1-4-8-12(9)21/h1,4-5,8,10,21,23H,2-3,6-7H2/t10-,14-/m1/s1. The van der Waals surface area contributed by atoms with Crippen molar-refractivity contribution in [3.8, 4) is 5.75 Å². The number of benzene rings is 1. The van der Waals surface area contributed by atoms with Crippen molar-refractivity contribution in [2.45, 2.75) is 37.6 Å². The normalized spacial score (nSPS) is 27.6. The van der Waals surface area contributed by atoms with Crippen LogP contribution in [0.15, 0.2) is 29.4 Å². The number of fused-ring (bicyclic) bond motifs is 1. The number of rotatable bonds is 1. The molecule has 23 heavy (non-hydrogen) atoms. The topological polar surface area (TPSA) is 73.1 Å². The van der Waals surface area contributed by atoms with Gasteiger partial charge in [0.25, 0.3) is 11.6 Å². The summed E-state index contributed by atoms with van der Waals surface area (Å²) in [6, 6.07) is 5.24. The number of aromatic hydroxyl groups is 1. The summed E-state index contributed by atoms with van der Waals surface area (Å²) in [5, 5.41) is 24.0. The van der Waals surface area contributed by atoms with Crippen molar-refractivity contribution in [2.24, 2.45) is 11.0 Å². The average Bonchev–Trinajstić information content (AvgIpc) is 2.82. The van der Waals surface area contributed by atoms with Crippen LogP contribution in [0.1, 0.15) is 36.0 Å². The lowest BCUT2D eigenvalue weighted by atomic mass is 9.80. The summed E-state index contributed by atoms with van der Waals surface area (Å²) in [6.07, 6.45) is -3.43. The van der Waals surface area contributed by atoms with Gasteiger partial charge < -0.3 is 10.2 Å². The second kappa shape index (κ2) is 5.23. The lowest BCUT2D eigenvalue weighted by molar-refractivity contribution is -0.312. The summed E-state index contributed by atoms with van der Waals surface area (Å²) in [6.45, 7) is 0. The van der Waals surface area contributed by atoms with Crippen molar-refractivity contribution < 1.29 is 28.2 Å². The minimum absolute atomic E-state index is 0.0906. The van der Waals surface area contributed by atoms with Gasteiger partial charge in [0.15, 0.2) is 0 Å². The quantitative estimate of drug-likeness (QED) is 0.832. The number of hydrogen-bond donors (Lipinski definition) is 2. The molecule has 5 nitrogen and oxygen atoms in total. The number of aliphatic hydroxyl groups is 1. The van der Waals surface area contributed by atoms with E-state index in [4.69, 9.17) is 0 Å². The van der Waals surface area contributed by atoms with Crippen LogP contribution in [0, 0.1) is 5.92 Å². The van der Waals surface area contributed by atoms with Crippen molar-refractivity contribution in [1.82, 2.24) is 5.01 Å². The first kappa shape index (κ1) is 15.8. The number of hydrogen-bond acceptors (Lipinski definition) is 4. The molecule has 1 saturated carbocycles. The molecule has 1 amide bonds. The van der Waals surface area contributed by atoms with E-state index in [0.29, 0.717) is 19.3 Å². The zero-order chi connectivity index (χ0) is 16.8. The summed E-state index contributed by atoms with van der Waals surface area (Å²) in [7, 11) is 0. The highest BCUT2D eigenvalue weighted by atomic mass is 19.4. The molecule has 8 heteroatoms. The van der Waals surface area contributed by atoms with Gasteiger partial charge in [-0.1, -0.05) is 18.6 Å². The fourth-order valence-electron chi connectivity index (χ4n) is 3.19. The maximum absolute atomic E-state index is 13.6. The number of halogens is 3. The summed E-state index contributed by atoms with van der Waals surface area (Å²) >= 11 is 0. The van der Waals surface area contributed by atoms with Gasteiger partial charge in [0, 0.05) is 5.71 Å². The van der Waals surface area contributed by atoms with Crippen LogP contribution in [-0.2, 0) is 0 Å². The Morgan fingerprint density at radius 1 is 1.30 bits per heavy atom. The molecule has 124 valence electrons. The Kier molecular flexibility index (Phi) is 3.59. The lowest BCUT2D eigenvalue weighted by Crippen LogP contribution is -2.61. The molecule has 0 bridgehead atoms. The average molecular weight is 328 g/mol. The second-order valence-electron chi connectivity index (χ2n) is 5.75. The molecule has 2 atom stereocenters. The Bertz CT molecular complexity index is 674. The van der Waals surface area contributed by atoms with Crippen LogP contribution in [0.2, 0.25) is 0 Å². The fraction of sp³-hybridized carbons (Fsp3) is 0.467. The van der Waals surface area contributed by atoms with Gasteiger partial charge in [-0.3, -0.25) is 4.79 Å². The molecule has 1 aliphatic heterocycles. The van der Waals surface area contributed by atoms with E-state index >= 15 is 0 Å². The van der Waals surface area contributed by atoms with E-state index in [1.807, 2.05) is 0 Å². The van der Waals surface area contributed by atoms with Crippen LogP contribution < -0.4 is 0 Å². The smallest absolute Gasteiger partial charge is 0.439 e. The molecule has 3 rings (SSSR count). The Balaban J connectivity index is 2.07. The van der Waals surface area contributed by atoms with Gasteiger partial charge in [-0.15, -0.1) is 0 Å². The number of carbonyl (C=O) groups excluding carboxylic acids is 1. The molecule has 1 aromatic carbocycles. The zero-order valence-electron chi connectivity index (χ0n) is 12.0. The van der Waals surface area contributed by atoms with Crippen LogP contribution in [0.4, 0.5) is 13.2 Å². The molecular formula is C15H15F3N2O3. The third kappa shape index (κ3) is 2.28. The third-order valence-electron chi connectivity index (χ3n) is 4.36. The van der Waals surface area contributed by atoms with Gasteiger partial charge in [0.2, 0.25) is 0 Å². The van der Waals surface area contributed by atoms with Crippen molar-refractivity contribution in [3.05, 3.63) is 29.8 Å². The summed E-state index contributed by atoms with van der Waals surface area (Å²) in [5.41, 5.74) is -3.53. The van der Waals surface area contributed by atoms with Crippen LogP contribution in [-0.4, -0.2) is 38.7 Å². The minimum Gasteiger partial charge on any atom is -0.507 e. The number of carbonyl (C=O) groups is 1. The van der Waals surface area contributed by atoms with Crippen LogP contribution in [0.3, 0.4) is 0 Å². The van der Waals surface area contributed by atoms with E-state index in [2.05, 4.69) is 5.10 Å². The van der Waals surface area contributed by atoms with Crippen molar-refractivity contribution >= 4 is 11.6 Å². The number of amides is 1. The van der Waals surface area contributed by atoms with Gasteiger partial charge in [-0.25, -0.2) is 0 Å². The maximum atomic E-state index is 13.6. The first-order valence-electron chi connectivity index (χ1n) is 7.26. The first-order chi connectivity index (χ1) is 10.8. The van der Waals surface area contributed by atoms with E-state index in [-0.39, 0.29) is 22.7 Å². The second-order valence-corrected chi connectivity index (χ2v) is 5.75. The molecule has 0 radical (unpaired) electrons. The van der Waals surface area contributed by atoms with Gasteiger partial charge in [0.05, 0.1) is 11.5 Å². The number of nitrogens with zero attached hydrogens (tertiary/aromatic N) is 2. The largest absolute Gasteiger partial charge is 0.507 e. The van der Waals surface area contributed by atoms with Gasteiger partial charge in [-0.05, 0) is 31.4 Å². The summed E-state index contributed by atoms with van der Waals surface area (Å²) < 4.78 is 40.7. The molecule has 0 saturated heterocycles. The Labute approximate surface area is 130 Å². The molecule has 0 aromatic heterocycles. The van der Waals surface area contributed by atoms with Gasteiger partial charge in [-0.2, -0.15) is 23.3 Å². The molecule has 1 fully saturated rings.